The number of rotatable bonds is 3. The second kappa shape index (κ2) is 4.90. The van der Waals surface area contributed by atoms with E-state index in [2.05, 4.69) is 42.2 Å². The van der Waals surface area contributed by atoms with Crippen LogP contribution in [0.5, 0.6) is 0 Å². The fourth-order valence-corrected chi connectivity index (χ4v) is 1.69. The van der Waals surface area contributed by atoms with Crippen molar-refractivity contribution in [1.29, 1.82) is 0 Å². The molecule has 1 unspecified atom stereocenters. The zero-order valence-electron chi connectivity index (χ0n) is 9.43. The van der Waals surface area contributed by atoms with Crippen molar-refractivity contribution in [2.45, 2.75) is 19.4 Å². The molecule has 1 aromatic carbocycles. The van der Waals surface area contributed by atoms with Gasteiger partial charge in [0.1, 0.15) is 0 Å². The molecule has 0 aliphatic carbocycles. The van der Waals surface area contributed by atoms with Crippen LogP contribution in [0, 0.1) is 0 Å². The predicted molar refractivity (Wildman–Crippen MR) is 66.9 cm³/mol. The van der Waals surface area contributed by atoms with Crippen molar-refractivity contribution < 1.29 is 0 Å². The van der Waals surface area contributed by atoms with Crippen molar-refractivity contribution in [2.24, 2.45) is 5.73 Å². The van der Waals surface area contributed by atoms with Crippen LogP contribution in [-0.2, 0) is 0 Å². The molecule has 1 aromatic heterocycles. The monoisotopic (exact) mass is 212 g/mol. The zero-order chi connectivity index (χ0) is 11.4. The lowest BCUT2D eigenvalue weighted by molar-refractivity contribution is 0.699. The summed E-state index contributed by atoms with van der Waals surface area (Å²) in [5.74, 6) is 0. The Kier molecular flexibility index (Phi) is 3.32. The molecule has 16 heavy (non-hydrogen) atoms. The molecule has 2 N–H and O–H groups in total. The van der Waals surface area contributed by atoms with Crippen molar-refractivity contribution >= 4 is 0 Å². The maximum absolute atomic E-state index is 5.97. The van der Waals surface area contributed by atoms with Crippen molar-refractivity contribution in [3.8, 4) is 11.1 Å². The van der Waals surface area contributed by atoms with Gasteiger partial charge >= 0.3 is 0 Å². The number of pyridine rings is 1. The molecule has 1 heterocycles. The lowest BCUT2D eigenvalue weighted by Crippen LogP contribution is -2.07. The first kappa shape index (κ1) is 10.8. The van der Waals surface area contributed by atoms with E-state index in [0.29, 0.717) is 0 Å². The van der Waals surface area contributed by atoms with E-state index in [0.717, 1.165) is 12.0 Å². The third kappa shape index (κ3) is 2.28. The molecule has 0 spiro atoms. The van der Waals surface area contributed by atoms with E-state index in [4.69, 9.17) is 5.73 Å². The number of hydrogen-bond acceptors (Lipinski definition) is 2. The summed E-state index contributed by atoms with van der Waals surface area (Å²) < 4.78 is 0. The van der Waals surface area contributed by atoms with Crippen LogP contribution in [0.1, 0.15) is 24.9 Å². The lowest BCUT2D eigenvalue weighted by Gasteiger charge is -2.09. The van der Waals surface area contributed by atoms with Crippen LogP contribution >= 0.6 is 0 Å². The predicted octanol–water partition coefficient (Wildman–Crippen LogP) is 3.16. The number of aromatic nitrogens is 1. The highest BCUT2D eigenvalue weighted by molar-refractivity contribution is 5.62. The van der Waals surface area contributed by atoms with Gasteiger partial charge in [-0.3, -0.25) is 4.98 Å². The van der Waals surface area contributed by atoms with Crippen molar-refractivity contribution in [3.63, 3.8) is 0 Å². The molecule has 2 nitrogen and oxygen atoms in total. The van der Waals surface area contributed by atoms with E-state index in [1.807, 2.05) is 12.3 Å². The molecule has 0 saturated heterocycles. The van der Waals surface area contributed by atoms with Gasteiger partial charge in [-0.2, -0.15) is 0 Å². The van der Waals surface area contributed by atoms with E-state index in [1.54, 1.807) is 6.20 Å². The second-order valence-corrected chi connectivity index (χ2v) is 3.88. The smallest absolute Gasteiger partial charge is 0.0346 e. The summed E-state index contributed by atoms with van der Waals surface area (Å²) >= 11 is 0. The molecule has 0 aliphatic rings. The van der Waals surface area contributed by atoms with Gasteiger partial charge in [0, 0.05) is 18.4 Å². The Labute approximate surface area is 96.1 Å². The maximum atomic E-state index is 5.97. The molecular weight excluding hydrogens is 196 g/mol. The Balaban J connectivity index is 2.26. The summed E-state index contributed by atoms with van der Waals surface area (Å²) in [6, 6.07) is 12.5. The van der Waals surface area contributed by atoms with Gasteiger partial charge in [0.05, 0.1) is 0 Å². The Hall–Kier alpha value is -1.67. The van der Waals surface area contributed by atoms with Crippen LogP contribution in [0.3, 0.4) is 0 Å². The normalized spacial score (nSPS) is 12.4. The molecule has 82 valence electrons. The number of hydrogen-bond donors (Lipinski definition) is 1. The zero-order valence-corrected chi connectivity index (χ0v) is 9.43. The van der Waals surface area contributed by atoms with E-state index >= 15 is 0 Å². The highest BCUT2D eigenvalue weighted by Gasteiger charge is 2.03. The van der Waals surface area contributed by atoms with Gasteiger partial charge in [-0.25, -0.2) is 0 Å². The van der Waals surface area contributed by atoms with Crippen molar-refractivity contribution in [3.05, 3.63) is 54.4 Å². The fraction of sp³-hybridized carbons (Fsp3) is 0.214. The lowest BCUT2D eigenvalue weighted by atomic mass is 10.0. The van der Waals surface area contributed by atoms with E-state index in [1.165, 1.54) is 11.1 Å². The average Bonchev–Trinajstić information content (AvgIpc) is 2.39. The Morgan fingerprint density at radius 1 is 1.12 bits per heavy atom. The Morgan fingerprint density at radius 3 is 2.44 bits per heavy atom. The number of benzene rings is 1. The highest BCUT2D eigenvalue weighted by Crippen LogP contribution is 2.21. The van der Waals surface area contributed by atoms with Gasteiger partial charge < -0.3 is 5.73 Å². The van der Waals surface area contributed by atoms with Gasteiger partial charge in [0.25, 0.3) is 0 Å². The average molecular weight is 212 g/mol. The highest BCUT2D eigenvalue weighted by atomic mass is 14.6. The minimum absolute atomic E-state index is 0.142. The van der Waals surface area contributed by atoms with Gasteiger partial charge in [0.15, 0.2) is 0 Å². The standard InChI is InChI=1S/C14H16N2/c1-2-14(15)12-7-5-11(6-8-12)13-4-3-9-16-10-13/h3-10,14H,2,15H2,1H3. The van der Waals surface area contributed by atoms with Crippen LogP contribution in [0.25, 0.3) is 11.1 Å². The summed E-state index contributed by atoms with van der Waals surface area (Å²) in [7, 11) is 0. The fourth-order valence-electron chi connectivity index (χ4n) is 1.69. The van der Waals surface area contributed by atoms with Crippen LogP contribution in [0.2, 0.25) is 0 Å². The summed E-state index contributed by atoms with van der Waals surface area (Å²) in [5.41, 5.74) is 9.48. The topological polar surface area (TPSA) is 38.9 Å². The van der Waals surface area contributed by atoms with E-state index in [-0.39, 0.29) is 6.04 Å². The third-order valence-corrected chi connectivity index (χ3v) is 2.77. The van der Waals surface area contributed by atoms with Crippen molar-refractivity contribution in [2.75, 3.05) is 0 Å². The minimum Gasteiger partial charge on any atom is -0.324 e. The Morgan fingerprint density at radius 2 is 1.88 bits per heavy atom. The summed E-state index contributed by atoms with van der Waals surface area (Å²) in [4.78, 5) is 4.11. The van der Waals surface area contributed by atoms with Crippen LogP contribution in [0.4, 0.5) is 0 Å². The summed E-state index contributed by atoms with van der Waals surface area (Å²) in [5, 5.41) is 0. The molecule has 0 radical (unpaired) electrons. The molecule has 2 rings (SSSR count). The van der Waals surface area contributed by atoms with Crippen LogP contribution in [0.15, 0.2) is 48.8 Å². The molecule has 0 fully saturated rings. The number of nitrogens with two attached hydrogens (primary N) is 1. The van der Waals surface area contributed by atoms with Gasteiger partial charge in [-0.1, -0.05) is 37.3 Å². The minimum atomic E-state index is 0.142. The van der Waals surface area contributed by atoms with Gasteiger partial charge in [-0.15, -0.1) is 0 Å². The first-order chi connectivity index (χ1) is 7.81. The Bertz CT molecular complexity index is 434. The summed E-state index contributed by atoms with van der Waals surface area (Å²) in [6.45, 7) is 2.10. The third-order valence-electron chi connectivity index (χ3n) is 2.77. The molecule has 1 atom stereocenters. The summed E-state index contributed by atoms with van der Waals surface area (Å²) in [6.07, 6.45) is 4.62. The molecular formula is C14H16N2. The maximum Gasteiger partial charge on any atom is 0.0346 e. The van der Waals surface area contributed by atoms with Gasteiger partial charge in [0.2, 0.25) is 0 Å². The van der Waals surface area contributed by atoms with Crippen LogP contribution < -0.4 is 5.73 Å². The van der Waals surface area contributed by atoms with E-state index in [9.17, 15) is 0 Å². The molecule has 2 heteroatoms. The number of nitrogens with zero attached hydrogens (tertiary/aromatic N) is 1. The van der Waals surface area contributed by atoms with Crippen LogP contribution in [-0.4, -0.2) is 4.98 Å². The molecule has 0 aliphatic heterocycles. The van der Waals surface area contributed by atoms with E-state index < -0.39 is 0 Å². The molecule has 0 amide bonds. The SMILES string of the molecule is CCC(N)c1ccc(-c2cccnc2)cc1. The molecule has 0 bridgehead atoms. The first-order valence-electron chi connectivity index (χ1n) is 5.57. The van der Waals surface area contributed by atoms with Gasteiger partial charge in [-0.05, 0) is 29.2 Å². The molecule has 0 saturated carbocycles. The quantitative estimate of drug-likeness (QED) is 0.848. The van der Waals surface area contributed by atoms with Crippen molar-refractivity contribution in [1.82, 2.24) is 4.98 Å². The first-order valence-corrected chi connectivity index (χ1v) is 5.57. The molecule has 2 aromatic rings. The second-order valence-electron chi connectivity index (χ2n) is 3.88. The largest absolute Gasteiger partial charge is 0.324 e.